The minimum atomic E-state index is -4.22. The van der Waals surface area contributed by atoms with Gasteiger partial charge in [-0.1, -0.05) is 18.2 Å². The van der Waals surface area contributed by atoms with Crippen LogP contribution in [0.5, 0.6) is 0 Å². The Balaban J connectivity index is 1.98. The summed E-state index contributed by atoms with van der Waals surface area (Å²) in [6.45, 7) is 1.38. The van der Waals surface area contributed by atoms with Crippen molar-refractivity contribution in [1.29, 1.82) is 0 Å². The average Bonchev–Trinajstić information content (AvgIpc) is 3.06. The zero-order valence-electron chi connectivity index (χ0n) is 14.1. The van der Waals surface area contributed by atoms with Crippen molar-refractivity contribution in [2.75, 3.05) is 5.32 Å². The molecule has 0 aliphatic carbocycles. The van der Waals surface area contributed by atoms with Crippen LogP contribution in [0.15, 0.2) is 41.8 Å². The summed E-state index contributed by atoms with van der Waals surface area (Å²) in [5.74, 6) is -0.574. The van der Waals surface area contributed by atoms with Gasteiger partial charge >= 0.3 is 6.18 Å². The zero-order valence-corrected chi connectivity index (χ0v) is 14.9. The maximum Gasteiger partial charge on any atom is 0.389 e. The summed E-state index contributed by atoms with van der Waals surface area (Å²) < 4.78 is 37.0. The van der Waals surface area contributed by atoms with E-state index in [2.05, 4.69) is 10.6 Å². The normalized spacial score (nSPS) is 12.5. The Morgan fingerprint density at radius 2 is 1.96 bits per heavy atom. The fourth-order valence-electron chi connectivity index (χ4n) is 2.45. The number of alkyl halides is 3. The second-order valence-corrected chi connectivity index (χ2v) is 6.82. The number of rotatable bonds is 7. The SMILES string of the molecule is CC(=O)NC(CC(=O)Nc1cccc(CCC(F)(F)F)c1)c1cccs1. The summed E-state index contributed by atoms with van der Waals surface area (Å²) in [5.41, 5.74) is 0.930. The van der Waals surface area contributed by atoms with Crippen molar-refractivity contribution in [2.45, 2.75) is 38.4 Å². The first-order chi connectivity index (χ1) is 12.2. The highest BCUT2D eigenvalue weighted by atomic mass is 32.1. The molecule has 0 fully saturated rings. The molecular formula is C18H19F3N2O2S. The molecule has 1 heterocycles. The number of thiophene rings is 1. The van der Waals surface area contributed by atoms with Crippen molar-refractivity contribution in [3.63, 3.8) is 0 Å². The minimum Gasteiger partial charge on any atom is -0.348 e. The van der Waals surface area contributed by atoms with Crippen LogP contribution in [-0.2, 0) is 16.0 Å². The van der Waals surface area contributed by atoms with Crippen molar-refractivity contribution in [3.05, 3.63) is 52.2 Å². The lowest BCUT2D eigenvalue weighted by atomic mass is 10.1. The van der Waals surface area contributed by atoms with Crippen LogP contribution in [0.4, 0.5) is 18.9 Å². The van der Waals surface area contributed by atoms with E-state index in [1.54, 1.807) is 18.2 Å². The van der Waals surface area contributed by atoms with Gasteiger partial charge in [0.1, 0.15) is 0 Å². The maximum atomic E-state index is 12.3. The van der Waals surface area contributed by atoms with Gasteiger partial charge in [-0.05, 0) is 35.6 Å². The molecule has 1 unspecified atom stereocenters. The van der Waals surface area contributed by atoms with Crippen LogP contribution < -0.4 is 10.6 Å². The van der Waals surface area contributed by atoms with Gasteiger partial charge in [0.25, 0.3) is 0 Å². The third kappa shape index (κ3) is 6.87. The number of anilines is 1. The molecule has 2 amide bonds. The number of carbonyl (C=O) groups excluding carboxylic acids is 2. The topological polar surface area (TPSA) is 58.2 Å². The van der Waals surface area contributed by atoms with E-state index in [0.717, 1.165) is 4.88 Å². The molecule has 26 heavy (non-hydrogen) atoms. The minimum absolute atomic E-state index is 0.0346. The van der Waals surface area contributed by atoms with Gasteiger partial charge in [0.05, 0.1) is 12.5 Å². The van der Waals surface area contributed by atoms with Gasteiger partial charge in [0.15, 0.2) is 0 Å². The van der Waals surface area contributed by atoms with Gasteiger partial charge in [0.2, 0.25) is 11.8 Å². The van der Waals surface area contributed by atoms with Crippen molar-refractivity contribution in [1.82, 2.24) is 5.32 Å². The van der Waals surface area contributed by atoms with Gasteiger partial charge in [-0.25, -0.2) is 0 Å². The molecule has 1 aromatic heterocycles. The summed E-state index contributed by atoms with van der Waals surface area (Å²) in [6, 6.07) is 9.56. The molecule has 1 atom stereocenters. The molecule has 4 nitrogen and oxygen atoms in total. The van der Waals surface area contributed by atoms with Gasteiger partial charge in [-0.15, -0.1) is 11.3 Å². The Labute approximate surface area is 153 Å². The van der Waals surface area contributed by atoms with Crippen molar-refractivity contribution in [3.8, 4) is 0 Å². The maximum absolute atomic E-state index is 12.3. The molecule has 2 rings (SSSR count). The van der Waals surface area contributed by atoms with Crippen LogP contribution in [0.3, 0.4) is 0 Å². The highest BCUT2D eigenvalue weighted by Crippen LogP contribution is 2.24. The van der Waals surface area contributed by atoms with E-state index >= 15 is 0 Å². The Kier molecular flexibility index (Phi) is 6.79. The van der Waals surface area contributed by atoms with Crippen molar-refractivity contribution >= 4 is 28.8 Å². The van der Waals surface area contributed by atoms with Gasteiger partial charge < -0.3 is 10.6 Å². The smallest absolute Gasteiger partial charge is 0.348 e. The summed E-state index contributed by atoms with van der Waals surface area (Å²) in [4.78, 5) is 24.5. The Morgan fingerprint density at radius 3 is 2.58 bits per heavy atom. The zero-order chi connectivity index (χ0) is 19.2. The summed E-state index contributed by atoms with van der Waals surface area (Å²) >= 11 is 1.43. The first-order valence-electron chi connectivity index (χ1n) is 7.99. The highest BCUT2D eigenvalue weighted by molar-refractivity contribution is 7.10. The van der Waals surface area contributed by atoms with Gasteiger partial charge in [-0.2, -0.15) is 13.2 Å². The van der Waals surface area contributed by atoms with E-state index in [-0.39, 0.29) is 24.7 Å². The van der Waals surface area contributed by atoms with E-state index in [0.29, 0.717) is 11.3 Å². The van der Waals surface area contributed by atoms with Crippen molar-refractivity contribution < 1.29 is 22.8 Å². The van der Waals surface area contributed by atoms with E-state index in [4.69, 9.17) is 0 Å². The van der Waals surface area contributed by atoms with E-state index in [1.165, 1.54) is 24.3 Å². The average molecular weight is 384 g/mol. The first-order valence-corrected chi connectivity index (χ1v) is 8.87. The standard InChI is InChI=1S/C18H19F3N2O2S/c1-12(24)22-15(16-6-3-9-26-16)11-17(25)23-14-5-2-4-13(10-14)7-8-18(19,20)21/h2-6,9-10,15H,7-8,11H2,1H3,(H,22,24)(H,23,25). The van der Waals surface area contributed by atoms with Crippen LogP contribution >= 0.6 is 11.3 Å². The Bertz CT molecular complexity index is 745. The summed E-state index contributed by atoms with van der Waals surface area (Å²) in [5, 5.41) is 7.26. The second-order valence-electron chi connectivity index (χ2n) is 5.84. The second kappa shape index (κ2) is 8.84. The molecule has 0 spiro atoms. The number of nitrogens with one attached hydrogen (secondary N) is 2. The number of benzene rings is 1. The first kappa shape index (κ1) is 20.0. The van der Waals surface area contributed by atoms with Crippen LogP contribution in [0.2, 0.25) is 0 Å². The van der Waals surface area contributed by atoms with E-state index in [1.807, 2.05) is 17.5 Å². The lowest BCUT2D eigenvalue weighted by Gasteiger charge is -2.16. The molecule has 0 bridgehead atoms. The largest absolute Gasteiger partial charge is 0.389 e. The van der Waals surface area contributed by atoms with Crippen molar-refractivity contribution in [2.24, 2.45) is 0 Å². The fourth-order valence-corrected chi connectivity index (χ4v) is 3.22. The number of halogens is 3. The van der Waals surface area contributed by atoms with Crippen LogP contribution in [0, 0.1) is 0 Å². The van der Waals surface area contributed by atoms with Gasteiger partial charge in [0, 0.05) is 23.9 Å². The van der Waals surface area contributed by atoms with Crippen LogP contribution in [-0.4, -0.2) is 18.0 Å². The quantitative estimate of drug-likeness (QED) is 0.741. The molecular weight excluding hydrogens is 365 g/mol. The molecule has 0 radical (unpaired) electrons. The third-order valence-corrected chi connectivity index (χ3v) is 4.55. The number of carbonyl (C=O) groups is 2. The van der Waals surface area contributed by atoms with Gasteiger partial charge in [-0.3, -0.25) is 9.59 Å². The summed E-state index contributed by atoms with van der Waals surface area (Å²) in [6.07, 6.45) is -5.23. The molecule has 0 aliphatic rings. The number of hydrogen-bond acceptors (Lipinski definition) is 3. The summed E-state index contributed by atoms with van der Waals surface area (Å²) in [7, 11) is 0. The molecule has 0 saturated carbocycles. The predicted molar refractivity (Wildman–Crippen MR) is 94.9 cm³/mol. The lowest BCUT2D eigenvalue weighted by molar-refractivity contribution is -0.134. The van der Waals surface area contributed by atoms with E-state index < -0.39 is 18.6 Å². The number of hydrogen-bond donors (Lipinski definition) is 2. The Hall–Kier alpha value is -2.35. The fraction of sp³-hybridized carbons (Fsp3) is 0.333. The third-order valence-electron chi connectivity index (χ3n) is 3.56. The van der Waals surface area contributed by atoms with E-state index in [9.17, 15) is 22.8 Å². The highest BCUT2D eigenvalue weighted by Gasteiger charge is 2.26. The molecule has 0 aliphatic heterocycles. The molecule has 2 aromatic rings. The van der Waals surface area contributed by atoms with Crippen LogP contribution in [0.1, 0.15) is 36.2 Å². The monoisotopic (exact) mass is 384 g/mol. The Morgan fingerprint density at radius 1 is 1.19 bits per heavy atom. The molecule has 1 aromatic carbocycles. The number of amides is 2. The van der Waals surface area contributed by atoms with Crippen LogP contribution in [0.25, 0.3) is 0 Å². The molecule has 8 heteroatoms. The molecule has 2 N–H and O–H groups in total. The number of aryl methyl sites for hydroxylation is 1. The molecule has 0 saturated heterocycles. The molecule has 140 valence electrons. The predicted octanol–water partition coefficient (Wildman–Crippen LogP) is 4.45. The lowest BCUT2D eigenvalue weighted by Crippen LogP contribution is -2.29.